The number of rotatable bonds is 5. The summed E-state index contributed by atoms with van der Waals surface area (Å²) in [5.41, 5.74) is 1.65. The first-order valence-corrected chi connectivity index (χ1v) is 6.11. The van der Waals surface area contributed by atoms with Crippen molar-refractivity contribution >= 4 is 5.69 Å². The third-order valence-electron chi connectivity index (χ3n) is 2.90. The Morgan fingerprint density at radius 1 is 1.15 bits per heavy atom. The van der Waals surface area contributed by atoms with Crippen LogP contribution in [0.1, 0.15) is 11.1 Å². The molecule has 104 valence electrons. The van der Waals surface area contributed by atoms with Gasteiger partial charge < -0.3 is 9.47 Å². The highest BCUT2D eigenvalue weighted by Gasteiger charge is 2.10. The van der Waals surface area contributed by atoms with Gasteiger partial charge in [-0.3, -0.25) is 10.1 Å². The zero-order valence-corrected chi connectivity index (χ0v) is 11.3. The lowest BCUT2D eigenvalue weighted by Crippen LogP contribution is -1.97. The SMILES string of the molecule is COc1cccc(COc2ccc([N+](=O)[O-])c(C)c2)c1. The zero-order valence-electron chi connectivity index (χ0n) is 11.3. The third kappa shape index (κ3) is 3.26. The van der Waals surface area contributed by atoms with Crippen LogP contribution in [-0.2, 0) is 6.61 Å². The van der Waals surface area contributed by atoms with E-state index in [-0.39, 0.29) is 5.69 Å². The molecule has 0 bridgehead atoms. The molecular weight excluding hydrogens is 258 g/mol. The second-order valence-electron chi connectivity index (χ2n) is 4.35. The maximum atomic E-state index is 10.7. The van der Waals surface area contributed by atoms with Crippen molar-refractivity contribution in [3.63, 3.8) is 0 Å². The quantitative estimate of drug-likeness (QED) is 0.618. The summed E-state index contributed by atoms with van der Waals surface area (Å²) in [6.45, 7) is 2.07. The second-order valence-corrected chi connectivity index (χ2v) is 4.35. The minimum atomic E-state index is -0.402. The van der Waals surface area contributed by atoms with Gasteiger partial charge in [-0.2, -0.15) is 0 Å². The van der Waals surface area contributed by atoms with Crippen molar-refractivity contribution in [3.05, 3.63) is 63.7 Å². The van der Waals surface area contributed by atoms with Gasteiger partial charge in [0, 0.05) is 11.6 Å². The zero-order chi connectivity index (χ0) is 14.5. The average Bonchev–Trinajstić information content (AvgIpc) is 2.45. The van der Waals surface area contributed by atoms with Gasteiger partial charge in [-0.15, -0.1) is 0 Å². The van der Waals surface area contributed by atoms with Crippen LogP contribution in [0.2, 0.25) is 0 Å². The molecule has 0 saturated heterocycles. The number of methoxy groups -OCH3 is 1. The van der Waals surface area contributed by atoms with Crippen LogP contribution in [0.4, 0.5) is 5.69 Å². The van der Waals surface area contributed by atoms with Gasteiger partial charge in [-0.25, -0.2) is 0 Å². The van der Waals surface area contributed by atoms with E-state index < -0.39 is 4.92 Å². The first-order valence-electron chi connectivity index (χ1n) is 6.11. The molecular formula is C15H15NO4. The summed E-state index contributed by atoms with van der Waals surface area (Å²) in [7, 11) is 1.61. The molecule has 0 N–H and O–H groups in total. The number of ether oxygens (including phenoxy) is 2. The van der Waals surface area contributed by atoms with Gasteiger partial charge in [0.1, 0.15) is 18.1 Å². The fourth-order valence-electron chi connectivity index (χ4n) is 1.85. The van der Waals surface area contributed by atoms with E-state index >= 15 is 0 Å². The molecule has 20 heavy (non-hydrogen) atoms. The van der Waals surface area contributed by atoms with Crippen molar-refractivity contribution in [3.8, 4) is 11.5 Å². The molecule has 0 saturated carbocycles. The van der Waals surface area contributed by atoms with E-state index in [1.54, 1.807) is 26.2 Å². The molecule has 2 aromatic carbocycles. The molecule has 5 heteroatoms. The van der Waals surface area contributed by atoms with Crippen LogP contribution in [-0.4, -0.2) is 12.0 Å². The average molecular weight is 273 g/mol. The molecule has 0 aromatic heterocycles. The summed E-state index contributed by atoms with van der Waals surface area (Å²) in [4.78, 5) is 10.3. The van der Waals surface area contributed by atoms with E-state index in [0.29, 0.717) is 17.9 Å². The van der Waals surface area contributed by atoms with E-state index in [0.717, 1.165) is 11.3 Å². The molecule has 0 amide bonds. The summed E-state index contributed by atoms with van der Waals surface area (Å²) in [5.74, 6) is 1.38. The Labute approximate surface area is 116 Å². The number of nitro groups is 1. The molecule has 0 heterocycles. The van der Waals surface area contributed by atoms with Gasteiger partial charge in [0.2, 0.25) is 0 Å². The normalized spacial score (nSPS) is 10.1. The Balaban J connectivity index is 2.07. The summed E-state index contributed by atoms with van der Waals surface area (Å²) < 4.78 is 10.8. The van der Waals surface area contributed by atoms with Crippen molar-refractivity contribution in [2.45, 2.75) is 13.5 Å². The van der Waals surface area contributed by atoms with Crippen LogP contribution in [0.5, 0.6) is 11.5 Å². The van der Waals surface area contributed by atoms with Crippen molar-refractivity contribution in [1.29, 1.82) is 0 Å². The van der Waals surface area contributed by atoms with Gasteiger partial charge in [0.05, 0.1) is 12.0 Å². The number of aryl methyl sites for hydroxylation is 1. The minimum Gasteiger partial charge on any atom is -0.497 e. The summed E-state index contributed by atoms with van der Waals surface area (Å²) >= 11 is 0. The minimum absolute atomic E-state index is 0.0960. The van der Waals surface area contributed by atoms with Gasteiger partial charge in [0.25, 0.3) is 5.69 Å². The van der Waals surface area contributed by atoms with Gasteiger partial charge >= 0.3 is 0 Å². The molecule has 0 atom stereocenters. The third-order valence-corrected chi connectivity index (χ3v) is 2.90. The smallest absolute Gasteiger partial charge is 0.272 e. The van der Waals surface area contributed by atoms with Gasteiger partial charge in [0.15, 0.2) is 0 Å². The molecule has 2 aromatic rings. The maximum absolute atomic E-state index is 10.7. The Morgan fingerprint density at radius 3 is 2.60 bits per heavy atom. The fourth-order valence-corrected chi connectivity index (χ4v) is 1.85. The Bertz CT molecular complexity index is 625. The number of nitro benzene ring substituents is 1. The summed E-state index contributed by atoms with van der Waals surface area (Å²) in [5, 5.41) is 10.7. The van der Waals surface area contributed by atoms with Crippen LogP contribution >= 0.6 is 0 Å². The Kier molecular flexibility index (Phi) is 4.20. The highest BCUT2D eigenvalue weighted by molar-refractivity contribution is 5.44. The Morgan fingerprint density at radius 2 is 1.95 bits per heavy atom. The molecule has 0 unspecified atom stereocenters. The fraction of sp³-hybridized carbons (Fsp3) is 0.200. The van der Waals surface area contributed by atoms with E-state index in [2.05, 4.69) is 0 Å². The molecule has 0 spiro atoms. The Hall–Kier alpha value is -2.56. The molecule has 0 fully saturated rings. The predicted molar refractivity (Wildman–Crippen MR) is 75.2 cm³/mol. The molecule has 0 radical (unpaired) electrons. The topological polar surface area (TPSA) is 61.6 Å². The van der Waals surface area contributed by atoms with Crippen LogP contribution in [0.3, 0.4) is 0 Å². The standard InChI is InChI=1S/C15H15NO4/c1-11-8-14(6-7-15(11)16(17)18)20-10-12-4-3-5-13(9-12)19-2/h3-9H,10H2,1-2H3. The van der Waals surface area contributed by atoms with Crippen LogP contribution in [0, 0.1) is 17.0 Å². The predicted octanol–water partition coefficient (Wildman–Crippen LogP) is 3.49. The van der Waals surface area contributed by atoms with Crippen molar-refractivity contribution in [1.82, 2.24) is 0 Å². The van der Waals surface area contributed by atoms with Crippen molar-refractivity contribution < 1.29 is 14.4 Å². The summed E-state index contributed by atoms with van der Waals surface area (Å²) in [6.07, 6.45) is 0. The van der Waals surface area contributed by atoms with Crippen molar-refractivity contribution in [2.24, 2.45) is 0 Å². The molecule has 0 aliphatic heterocycles. The van der Waals surface area contributed by atoms with E-state index in [1.165, 1.54) is 6.07 Å². The first-order chi connectivity index (χ1) is 9.60. The van der Waals surface area contributed by atoms with E-state index in [4.69, 9.17) is 9.47 Å². The van der Waals surface area contributed by atoms with Crippen LogP contribution < -0.4 is 9.47 Å². The monoisotopic (exact) mass is 273 g/mol. The maximum Gasteiger partial charge on any atom is 0.272 e. The molecule has 2 rings (SSSR count). The highest BCUT2D eigenvalue weighted by atomic mass is 16.6. The van der Waals surface area contributed by atoms with Crippen molar-refractivity contribution in [2.75, 3.05) is 7.11 Å². The number of hydrogen-bond donors (Lipinski definition) is 0. The van der Waals surface area contributed by atoms with Crippen LogP contribution in [0.15, 0.2) is 42.5 Å². The first kappa shape index (κ1) is 13.9. The number of hydrogen-bond acceptors (Lipinski definition) is 4. The van der Waals surface area contributed by atoms with Gasteiger partial charge in [-0.05, 0) is 36.8 Å². The highest BCUT2D eigenvalue weighted by Crippen LogP contribution is 2.24. The lowest BCUT2D eigenvalue weighted by molar-refractivity contribution is -0.385. The molecule has 0 aliphatic carbocycles. The molecule has 5 nitrogen and oxygen atoms in total. The van der Waals surface area contributed by atoms with E-state index in [1.807, 2.05) is 24.3 Å². The van der Waals surface area contributed by atoms with Crippen LogP contribution in [0.25, 0.3) is 0 Å². The summed E-state index contributed by atoms with van der Waals surface area (Å²) in [6, 6.07) is 12.3. The molecule has 0 aliphatic rings. The number of benzene rings is 2. The van der Waals surface area contributed by atoms with E-state index in [9.17, 15) is 10.1 Å². The lowest BCUT2D eigenvalue weighted by Gasteiger charge is -2.08. The lowest BCUT2D eigenvalue weighted by atomic mass is 10.2. The van der Waals surface area contributed by atoms with Gasteiger partial charge in [-0.1, -0.05) is 12.1 Å². The largest absolute Gasteiger partial charge is 0.497 e. The second kappa shape index (κ2) is 6.06. The number of nitrogens with zero attached hydrogens (tertiary/aromatic N) is 1.